The summed E-state index contributed by atoms with van der Waals surface area (Å²) in [5.74, 6) is 0.366. The van der Waals surface area contributed by atoms with Crippen LogP contribution in [0.5, 0.6) is 5.75 Å². The molecule has 0 radical (unpaired) electrons. The molecule has 0 aliphatic heterocycles. The van der Waals surface area contributed by atoms with Gasteiger partial charge in [0.1, 0.15) is 5.75 Å². The Bertz CT molecular complexity index is 342. The quantitative estimate of drug-likeness (QED) is 0.651. The van der Waals surface area contributed by atoms with Crippen LogP contribution < -0.4 is 15.6 Å². The molecule has 0 fully saturated rings. The highest BCUT2D eigenvalue weighted by Crippen LogP contribution is 2.20. The Morgan fingerprint density at radius 1 is 1.50 bits per heavy atom. The van der Waals surface area contributed by atoms with E-state index < -0.39 is 0 Å². The normalized spacial score (nSPS) is 9.64. The van der Waals surface area contributed by atoms with Crippen LogP contribution in [0.3, 0.4) is 0 Å². The van der Waals surface area contributed by atoms with E-state index in [0.717, 1.165) is 3.57 Å². The summed E-state index contributed by atoms with van der Waals surface area (Å²) in [7, 11) is 3.18. The summed E-state index contributed by atoms with van der Waals surface area (Å²) < 4.78 is 6.13. The minimum atomic E-state index is -0.208. The molecule has 0 aliphatic carbocycles. The summed E-state index contributed by atoms with van der Waals surface area (Å²) >= 11 is 2.16. The second-order valence-corrected chi connectivity index (χ2v) is 3.79. The third-order valence-corrected chi connectivity index (χ3v) is 2.32. The second kappa shape index (κ2) is 5.16. The Hall–Kier alpha value is -0.820. The van der Waals surface area contributed by atoms with Gasteiger partial charge >= 0.3 is 0 Å². The number of amides is 1. The van der Waals surface area contributed by atoms with Gasteiger partial charge in [0.25, 0.3) is 5.91 Å². The van der Waals surface area contributed by atoms with Crippen molar-refractivity contribution < 1.29 is 9.53 Å². The lowest BCUT2D eigenvalue weighted by molar-refractivity contribution is 0.0935. The maximum absolute atomic E-state index is 11.5. The van der Waals surface area contributed by atoms with Crippen molar-refractivity contribution in [2.24, 2.45) is 0 Å². The number of ether oxygens (including phenoxy) is 1. The molecule has 14 heavy (non-hydrogen) atoms. The summed E-state index contributed by atoms with van der Waals surface area (Å²) in [5, 5.41) is 0. The fourth-order valence-corrected chi connectivity index (χ4v) is 1.50. The number of methoxy groups -OCH3 is 1. The number of hydrogen-bond acceptors (Lipinski definition) is 3. The third-order valence-electron chi connectivity index (χ3n) is 1.65. The van der Waals surface area contributed by atoms with Crippen molar-refractivity contribution in [3.05, 3.63) is 27.3 Å². The van der Waals surface area contributed by atoms with Crippen LogP contribution in [0.25, 0.3) is 0 Å². The summed E-state index contributed by atoms with van der Waals surface area (Å²) in [6.45, 7) is 0. The van der Waals surface area contributed by atoms with Crippen LogP contribution in [0, 0.1) is 3.57 Å². The van der Waals surface area contributed by atoms with E-state index in [4.69, 9.17) is 4.74 Å². The van der Waals surface area contributed by atoms with Crippen molar-refractivity contribution in [2.45, 2.75) is 0 Å². The van der Waals surface area contributed by atoms with E-state index in [1.807, 2.05) is 12.1 Å². The zero-order valence-electron chi connectivity index (χ0n) is 7.93. The van der Waals surface area contributed by atoms with Crippen LogP contribution in [-0.2, 0) is 0 Å². The largest absolute Gasteiger partial charge is 0.496 e. The van der Waals surface area contributed by atoms with E-state index in [0.29, 0.717) is 11.3 Å². The molecular weight excluding hydrogens is 295 g/mol. The van der Waals surface area contributed by atoms with Crippen LogP contribution in [0.4, 0.5) is 0 Å². The number of hydrazine groups is 1. The predicted molar refractivity (Wildman–Crippen MR) is 62.2 cm³/mol. The van der Waals surface area contributed by atoms with Gasteiger partial charge in [0.2, 0.25) is 0 Å². The van der Waals surface area contributed by atoms with E-state index in [1.54, 1.807) is 20.2 Å². The van der Waals surface area contributed by atoms with Gasteiger partial charge in [-0.25, -0.2) is 5.43 Å². The number of carbonyl (C=O) groups excluding carboxylic acids is 1. The van der Waals surface area contributed by atoms with E-state index in [1.165, 1.54) is 0 Å². The molecule has 5 heteroatoms. The van der Waals surface area contributed by atoms with Gasteiger partial charge in [0.05, 0.1) is 12.7 Å². The highest BCUT2D eigenvalue weighted by molar-refractivity contribution is 14.1. The van der Waals surface area contributed by atoms with Crippen molar-refractivity contribution in [1.29, 1.82) is 0 Å². The summed E-state index contributed by atoms with van der Waals surface area (Å²) in [6.07, 6.45) is 0. The van der Waals surface area contributed by atoms with Gasteiger partial charge in [0, 0.05) is 10.6 Å². The average Bonchev–Trinajstić information content (AvgIpc) is 2.17. The Morgan fingerprint density at radius 3 is 2.79 bits per heavy atom. The first kappa shape index (κ1) is 11.3. The van der Waals surface area contributed by atoms with Crippen molar-refractivity contribution in [1.82, 2.24) is 10.9 Å². The molecule has 1 aromatic carbocycles. The molecule has 0 aliphatic rings. The van der Waals surface area contributed by atoms with Gasteiger partial charge in [-0.1, -0.05) is 0 Å². The van der Waals surface area contributed by atoms with Crippen molar-refractivity contribution in [3.63, 3.8) is 0 Å². The molecule has 76 valence electrons. The van der Waals surface area contributed by atoms with E-state index in [-0.39, 0.29) is 5.91 Å². The van der Waals surface area contributed by atoms with Crippen molar-refractivity contribution in [2.75, 3.05) is 14.2 Å². The molecule has 0 atom stereocenters. The number of nitrogens with one attached hydrogen (secondary N) is 2. The number of carbonyl (C=O) groups is 1. The molecule has 0 spiro atoms. The van der Waals surface area contributed by atoms with Crippen LogP contribution in [0.2, 0.25) is 0 Å². The van der Waals surface area contributed by atoms with E-state index in [2.05, 4.69) is 33.4 Å². The molecule has 4 nitrogen and oxygen atoms in total. The molecule has 2 N–H and O–H groups in total. The fourth-order valence-electron chi connectivity index (χ4n) is 1.03. The maximum atomic E-state index is 11.5. The Morgan fingerprint density at radius 2 is 2.21 bits per heavy atom. The Kier molecular flexibility index (Phi) is 4.15. The van der Waals surface area contributed by atoms with E-state index in [9.17, 15) is 4.79 Å². The molecule has 0 unspecified atom stereocenters. The van der Waals surface area contributed by atoms with Gasteiger partial charge in [0.15, 0.2) is 0 Å². The summed E-state index contributed by atoms with van der Waals surface area (Å²) in [5.41, 5.74) is 5.58. The maximum Gasteiger partial charge on any atom is 0.269 e. The standard InChI is InChI=1S/C9H11IN2O2/c1-11-12-9(13)7-4-3-6(10)5-8(7)14-2/h3-5,11H,1-2H3,(H,12,13). The van der Waals surface area contributed by atoms with Crippen LogP contribution in [0.1, 0.15) is 10.4 Å². The Labute approximate surface area is 96.1 Å². The van der Waals surface area contributed by atoms with E-state index >= 15 is 0 Å². The van der Waals surface area contributed by atoms with Crippen LogP contribution >= 0.6 is 22.6 Å². The van der Waals surface area contributed by atoms with Gasteiger partial charge < -0.3 is 4.74 Å². The topological polar surface area (TPSA) is 50.4 Å². The smallest absolute Gasteiger partial charge is 0.269 e. The van der Waals surface area contributed by atoms with Crippen molar-refractivity contribution in [3.8, 4) is 5.75 Å². The lowest BCUT2D eigenvalue weighted by Crippen LogP contribution is -2.34. The first-order valence-corrected chi connectivity index (χ1v) is 5.07. The monoisotopic (exact) mass is 306 g/mol. The molecule has 1 aromatic rings. The second-order valence-electron chi connectivity index (χ2n) is 2.55. The number of benzene rings is 1. The molecule has 0 bridgehead atoms. The first-order chi connectivity index (χ1) is 6.69. The fraction of sp³-hybridized carbons (Fsp3) is 0.222. The van der Waals surface area contributed by atoms with Crippen molar-refractivity contribution >= 4 is 28.5 Å². The first-order valence-electron chi connectivity index (χ1n) is 3.99. The molecule has 0 heterocycles. The zero-order chi connectivity index (χ0) is 10.6. The predicted octanol–water partition coefficient (Wildman–Crippen LogP) is 1.16. The van der Waals surface area contributed by atoms with Crippen LogP contribution in [-0.4, -0.2) is 20.1 Å². The SMILES string of the molecule is CNNC(=O)c1ccc(I)cc1OC. The summed E-state index contributed by atoms with van der Waals surface area (Å²) in [4.78, 5) is 11.5. The molecule has 1 amide bonds. The number of hydrogen-bond donors (Lipinski definition) is 2. The lowest BCUT2D eigenvalue weighted by atomic mass is 10.2. The zero-order valence-corrected chi connectivity index (χ0v) is 10.1. The van der Waals surface area contributed by atoms with Gasteiger partial charge in [-0.15, -0.1) is 0 Å². The summed E-state index contributed by atoms with van der Waals surface area (Å²) in [6, 6.07) is 5.39. The molecule has 0 saturated heterocycles. The van der Waals surface area contributed by atoms with Gasteiger partial charge in [-0.05, 0) is 40.8 Å². The number of halogens is 1. The molecule has 0 aromatic heterocycles. The minimum Gasteiger partial charge on any atom is -0.496 e. The highest BCUT2D eigenvalue weighted by Gasteiger charge is 2.10. The third kappa shape index (κ3) is 2.58. The van der Waals surface area contributed by atoms with Gasteiger partial charge in [-0.2, -0.15) is 0 Å². The van der Waals surface area contributed by atoms with Crippen LogP contribution in [0.15, 0.2) is 18.2 Å². The lowest BCUT2D eigenvalue weighted by Gasteiger charge is -2.08. The number of rotatable bonds is 3. The average molecular weight is 306 g/mol. The molecular formula is C9H11IN2O2. The molecule has 1 rings (SSSR count). The Balaban J connectivity index is 3.01. The van der Waals surface area contributed by atoms with Gasteiger partial charge in [-0.3, -0.25) is 10.2 Å². The minimum absolute atomic E-state index is 0.208. The highest BCUT2D eigenvalue weighted by atomic mass is 127. The molecule has 0 saturated carbocycles.